The van der Waals surface area contributed by atoms with Gasteiger partial charge in [0.15, 0.2) is 0 Å². The van der Waals surface area contributed by atoms with Gasteiger partial charge in [-0.05, 0) is 51.4 Å². The van der Waals surface area contributed by atoms with Crippen LogP contribution in [0.2, 0.25) is 0 Å². The summed E-state index contributed by atoms with van der Waals surface area (Å²) in [5.41, 5.74) is 21.3. The lowest BCUT2D eigenvalue weighted by molar-refractivity contribution is -0.142. The Hall–Kier alpha value is -9.05. The summed E-state index contributed by atoms with van der Waals surface area (Å²) in [6, 6.07) is -17.7. The van der Waals surface area contributed by atoms with E-state index in [1.807, 2.05) is 5.32 Å². The Morgan fingerprint density at radius 3 is 1.15 bits per heavy atom. The minimum absolute atomic E-state index is 0.0285. The number of hydrogen-bond acceptors (Lipinski definition) is 18. The third-order valence-corrected chi connectivity index (χ3v) is 12.7. The predicted octanol–water partition coefficient (Wildman–Crippen LogP) is -7.47. The van der Waals surface area contributed by atoms with Crippen molar-refractivity contribution in [3.05, 3.63) is 0 Å². The number of hydrogen-bond donors (Lipinski definition) is 18. The summed E-state index contributed by atoms with van der Waals surface area (Å²) in [6.45, 7) is 12.4. The summed E-state index contributed by atoms with van der Waals surface area (Å²) < 4.78 is 0. The van der Waals surface area contributed by atoms with Crippen LogP contribution in [0.1, 0.15) is 120 Å². The second kappa shape index (κ2) is 37.2. The monoisotopic (exact) mass is 1210 g/mol. The lowest BCUT2D eigenvalue weighted by Crippen LogP contribution is -2.60. The predicted molar refractivity (Wildman–Crippen MR) is 294 cm³/mol. The molecule has 13 atom stereocenters. The van der Waals surface area contributed by atoms with Crippen molar-refractivity contribution in [2.24, 2.45) is 40.7 Å². The molecule has 478 valence electrons. The van der Waals surface area contributed by atoms with Gasteiger partial charge in [0.2, 0.25) is 82.7 Å². The third-order valence-electron chi connectivity index (χ3n) is 12.7. The summed E-state index contributed by atoms with van der Waals surface area (Å²) in [5.74, 6) is -21.6. The maximum Gasteiger partial charge on any atom is 0.325 e. The number of nitrogens with two attached hydrogens (primary N) is 4. The number of amides is 14. The maximum absolute atomic E-state index is 13.8. The molecule has 0 aliphatic heterocycles. The zero-order valence-corrected chi connectivity index (χ0v) is 48.7. The average Bonchev–Trinajstić information content (AvgIpc) is 3.53. The quantitative estimate of drug-likeness (QED) is 0.0271. The fourth-order valence-electron chi connectivity index (χ4n) is 7.45. The number of rotatable bonds is 40. The molecule has 0 aromatic rings. The third kappa shape index (κ3) is 29.2. The highest BCUT2D eigenvalue weighted by molar-refractivity contribution is 6.01. The van der Waals surface area contributed by atoms with E-state index in [0.717, 1.165) is 6.92 Å². The molecule has 0 aliphatic rings. The van der Waals surface area contributed by atoms with Crippen LogP contribution in [0.5, 0.6) is 0 Å². The molecule has 0 bridgehead atoms. The molecular weight excluding hydrogens is 1130 g/mol. The number of aliphatic carboxylic acids is 3. The fourth-order valence-corrected chi connectivity index (χ4v) is 7.45. The first-order valence-electron chi connectivity index (χ1n) is 26.9. The summed E-state index contributed by atoms with van der Waals surface area (Å²) in [6.07, 6.45) is -4.68. The van der Waals surface area contributed by atoms with Gasteiger partial charge in [-0.2, -0.15) is 0 Å². The Balaban J connectivity index is 6.44. The first kappa shape index (κ1) is 76.0. The van der Waals surface area contributed by atoms with Crippen LogP contribution < -0.4 is 81.4 Å². The van der Waals surface area contributed by atoms with Crippen LogP contribution in [0.25, 0.3) is 0 Å². The maximum atomic E-state index is 13.8. The Morgan fingerprint density at radius 2 is 0.753 bits per heavy atom. The molecule has 0 radical (unpaired) electrons. The molecule has 0 spiro atoms. The van der Waals surface area contributed by atoms with E-state index in [0.29, 0.717) is 6.42 Å². The first-order chi connectivity index (χ1) is 39.3. The molecule has 0 aromatic carbocycles. The minimum Gasteiger partial charge on any atom is -0.481 e. The van der Waals surface area contributed by atoms with E-state index in [2.05, 4.69) is 53.2 Å². The van der Waals surface area contributed by atoms with Gasteiger partial charge in [-0.15, -0.1) is 0 Å². The molecule has 0 fully saturated rings. The second-order valence-electron chi connectivity index (χ2n) is 20.6. The van der Waals surface area contributed by atoms with E-state index < -0.39 is 224 Å². The number of primary amides is 3. The Labute approximate surface area is 488 Å². The molecule has 22 N–H and O–H groups in total. The summed E-state index contributed by atoms with van der Waals surface area (Å²) in [5, 5.41) is 53.1. The van der Waals surface area contributed by atoms with E-state index in [1.165, 1.54) is 20.8 Å². The van der Waals surface area contributed by atoms with Crippen LogP contribution in [-0.4, -0.2) is 189 Å². The SMILES string of the molecule is CC[C@H](C)[C@H](NC(=O)[C@H](CCC(=O)O)NC(=O)[C@H](C)NC(=O)[C@H](CC(=O)O)NC(=O)[C@H](CC(N)=O)NC(=O)[C@H](CC(N)=O)NC(=O)[C@H](C)N)C(=O)NCC(=O)N[C@@H](CC(N)=O)C(=O)N[C@@H](CC(C)C)C(=O)N[C@H](C(=O)N[C@@H](C)C(=O)O)[C@@H](C)CC. The van der Waals surface area contributed by atoms with Gasteiger partial charge in [-0.25, -0.2) is 0 Å². The molecule has 0 rings (SSSR count). The van der Waals surface area contributed by atoms with Crippen LogP contribution in [0, 0.1) is 17.8 Å². The van der Waals surface area contributed by atoms with Crippen molar-refractivity contribution in [2.75, 3.05) is 6.54 Å². The lowest BCUT2D eigenvalue weighted by Gasteiger charge is -2.28. The normalized spacial score (nSPS) is 15.5. The van der Waals surface area contributed by atoms with Crippen LogP contribution in [0.4, 0.5) is 0 Å². The van der Waals surface area contributed by atoms with E-state index >= 15 is 0 Å². The largest absolute Gasteiger partial charge is 0.481 e. The highest BCUT2D eigenvalue weighted by Crippen LogP contribution is 2.13. The van der Waals surface area contributed by atoms with Gasteiger partial charge in [0.05, 0.1) is 38.3 Å². The standard InChI is InChI=1S/C50H83N15O20/c1-10-21(5)38(48(82)55-19-35(69)58-28(15-32(52)66)44(78)61-27(14-20(3)4)47(81)65-39(22(6)11-2)49(83)57-25(9)50(84)85)64-42(76)26(12-13-36(70)71)59-41(75)24(8)56-43(77)31(18-37(72)73)63-46(80)30(17-34(54)68)62-45(79)29(16-33(53)67)60-40(74)23(7)51/h20-31,38-39H,10-19,51H2,1-9H3,(H2,52,66)(H2,53,67)(H2,54,68)(H,55,82)(H,56,77)(H,57,83)(H,58,69)(H,59,75)(H,60,74)(H,61,78)(H,62,79)(H,63,80)(H,64,76)(H,65,81)(H,70,71)(H,72,73)(H,84,85)/t21-,22-,23-,24-,25-,26-,27-,28-,29-,30-,31-,38-,39-/m0/s1. The van der Waals surface area contributed by atoms with Gasteiger partial charge in [0.25, 0.3) is 0 Å². The first-order valence-corrected chi connectivity index (χ1v) is 26.9. The van der Waals surface area contributed by atoms with Crippen molar-refractivity contribution in [3.63, 3.8) is 0 Å². The van der Waals surface area contributed by atoms with E-state index in [9.17, 15) is 96.8 Å². The van der Waals surface area contributed by atoms with Crippen molar-refractivity contribution in [2.45, 2.75) is 187 Å². The topological polar surface area (TPSA) is 587 Å². The molecule has 0 saturated heterocycles. The zero-order valence-electron chi connectivity index (χ0n) is 48.7. The fraction of sp³-hybridized carbons (Fsp3) is 0.660. The molecule has 0 heterocycles. The molecule has 35 nitrogen and oxygen atoms in total. The van der Waals surface area contributed by atoms with Gasteiger partial charge >= 0.3 is 17.9 Å². The van der Waals surface area contributed by atoms with Gasteiger partial charge < -0.3 is 96.7 Å². The zero-order chi connectivity index (χ0) is 65.7. The molecule has 14 amide bonds. The Bertz CT molecular complexity index is 2480. The molecule has 35 heteroatoms. The average molecular weight is 1210 g/mol. The Morgan fingerprint density at radius 1 is 0.388 bits per heavy atom. The number of carbonyl (C=O) groups excluding carboxylic acids is 14. The van der Waals surface area contributed by atoms with Crippen molar-refractivity contribution >= 4 is 101 Å². The number of carboxylic acids is 3. The van der Waals surface area contributed by atoms with E-state index in [1.54, 1.807) is 34.6 Å². The molecular formula is C50H83N15O20. The molecule has 85 heavy (non-hydrogen) atoms. The molecule has 0 aromatic heterocycles. The van der Waals surface area contributed by atoms with Crippen LogP contribution in [0.3, 0.4) is 0 Å². The lowest BCUT2D eigenvalue weighted by atomic mass is 9.96. The van der Waals surface area contributed by atoms with Gasteiger partial charge in [-0.1, -0.05) is 54.4 Å². The van der Waals surface area contributed by atoms with Crippen LogP contribution >= 0.6 is 0 Å². The van der Waals surface area contributed by atoms with Crippen molar-refractivity contribution < 1.29 is 96.8 Å². The number of carboxylic acid groups (broad SMARTS) is 3. The van der Waals surface area contributed by atoms with Gasteiger partial charge in [0, 0.05) is 6.42 Å². The summed E-state index contributed by atoms with van der Waals surface area (Å²) in [4.78, 5) is 218. The minimum atomic E-state index is -2.07. The van der Waals surface area contributed by atoms with Crippen molar-refractivity contribution in [1.82, 2.24) is 58.5 Å². The molecule has 0 saturated carbocycles. The van der Waals surface area contributed by atoms with Crippen LogP contribution in [-0.2, 0) is 81.5 Å². The number of nitrogens with one attached hydrogen (secondary N) is 11. The molecule has 0 unspecified atom stereocenters. The van der Waals surface area contributed by atoms with E-state index in [4.69, 9.17) is 22.9 Å². The summed E-state index contributed by atoms with van der Waals surface area (Å²) in [7, 11) is 0. The molecule has 0 aliphatic carbocycles. The van der Waals surface area contributed by atoms with Crippen molar-refractivity contribution in [3.8, 4) is 0 Å². The Kier molecular flexibility index (Phi) is 33.3. The highest BCUT2D eigenvalue weighted by atomic mass is 16.4. The second-order valence-corrected chi connectivity index (χ2v) is 20.6. The summed E-state index contributed by atoms with van der Waals surface area (Å²) >= 11 is 0. The smallest absolute Gasteiger partial charge is 0.325 e. The van der Waals surface area contributed by atoms with Gasteiger partial charge in [-0.3, -0.25) is 81.5 Å². The van der Waals surface area contributed by atoms with Gasteiger partial charge in [0.1, 0.15) is 60.4 Å². The van der Waals surface area contributed by atoms with Crippen molar-refractivity contribution in [1.29, 1.82) is 0 Å². The number of carbonyl (C=O) groups is 17. The van der Waals surface area contributed by atoms with E-state index in [-0.39, 0.29) is 18.8 Å². The highest BCUT2D eigenvalue weighted by Gasteiger charge is 2.37. The van der Waals surface area contributed by atoms with Crippen LogP contribution in [0.15, 0.2) is 0 Å².